The first-order valence-corrected chi connectivity index (χ1v) is 6.90. The second-order valence-electron chi connectivity index (χ2n) is 4.08. The molecule has 0 amide bonds. The molecule has 0 unspecified atom stereocenters. The summed E-state index contributed by atoms with van der Waals surface area (Å²) in [7, 11) is 0. The molecule has 0 spiro atoms. The fourth-order valence-corrected chi connectivity index (χ4v) is 1.48. The minimum absolute atomic E-state index is 0.608. The van der Waals surface area contributed by atoms with Gasteiger partial charge in [-0.05, 0) is 25.8 Å². The van der Waals surface area contributed by atoms with Crippen molar-refractivity contribution in [3.05, 3.63) is 23.9 Å². The van der Waals surface area contributed by atoms with E-state index < -0.39 is 0 Å². The average Bonchev–Trinajstić information content (AvgIpc) is 2.44. The number of aliphatic imine (C=N–C) groups is 1. The van der Waals surface area contributed by atoms with Gasteiger partial charge in [0.1, 0.15) is 0 Å². The predicted molar refractivity (Wildman–Crippen MR) is 78.5 cm³/mol. The van der Waals surface area contributed by atoms with Crippen LogP contribution in [0.4, 0.5) is 0 Å². The highest BCUT2D eigenvalue weighted by atomic mass is 16.5. The largest absolute Gasteiger partial charge is 0.478 e. The fourth-order valence-electron chi connectivity index (χ4n) is 1.48. The van der Waals surface area contributed by atoms with Crippen LogP contribution in [0, 0.1) is 0 Å². The number of hydrogen-bond acceptors (Lipinski definition) is 3. The molecule has 0 saturated carbocycles. The van der Waals surface area contributed by atoms with E-state index in [9.17, 15) is 0 Å². The number of hydrogen-bond donors (Lipinski definition) is 2. The minimum atomic E-state index is 0.608. The third-order valence-corrected chi connectivity index (χ3v) is 2.36. The zero-order valence-corrected chi connectivity index (χ0v) is 12.1. The lowest BCUT2D eigenvalue weighted by Gasteiger charge is -2.09. The molecule has 106 valence electrons. The van der Waals surface area contributed by atoms with Gasteiger partial charge in [0.05, 0.1) is 13.2 Å². The highest BCUT2D eigenvalue weighted by Crippen LogP contribution is 2.08. The molecular weight excluding hydrogens is 240 g/mol. The van der Waals surface area contributed by atoms with Crippen LogP contribution in [-0.4, -0.2) is 30.6 Å². The van der Waals surface area contributed by atoms with Crippen molar-refractivity contribution >= 4 is 5.96 Å². The first-order chi connectivity index (χ1) is 9.30. The van der Waals surface area contributed by atoms with E-state index in [0.717, 1.165) is 31.0 Å². The van der Waals surface area contributed by atoms with Gasteiger partial charge >= 0.3 is 0 Å². The molecule has 0 aliphatic carbocycles. The van der Waals surface area contributed by atoms with Gasteiger partial charge in [0.2, 0.25) is 5.88 Å². The maximum absolute atomic E-state index is 5.44. The third-order valence-electron chi connectivity index (χ3n) is 2.36. The first-order valence-electron chi connectivity index (χ1n) is 6.90. The lowest BCUT2D eigenvalue weighted by Crippen LogP contribution is -2.36. The smallest absolute Gasteiger partial charge is 0.213 e. The van der Waals surface area contributed by atoms with Crippen LogP contribution in [0.5, 0.6) is 5.88 Å². The molecule has 0 aliphatic rings. The molecule has 1 rings (SSSR count). The topological polar surface area (TPSA) is 58.5 Å². The summed E-state index contributed by atoms with van der Waals surface area (Å²) >= 11 is 0. The zero-order valence-electron chi connectivity index (χ0n) is 12.1. The molecule has 1 heterocycles. The summed E-state index contributed by atoms with van der Waals surface area (Å²) in [6.07, 6.45) is 2.80. The summed E-state index contributed by atoms with van der Waals surface area (Å²) in [5.74, 6) is 1.50. The van der Waals surface area contributed by atoms with Crippen molar-refractivity contribution in [2.24, 2.45) is 4.99 Å². The van der Waals surface area contributed by atoms with Crippen LogP contribution in [0.25, 0.3) is 0 Å². The van der Waals surface area contributed by atoms with E-state index in [0.29, 0.717) is 19.0 Å². The second-order valence-corrected chi connectivity index (χ2v) is 4.08. The Morgan fingerprint density at radius 1 is 1.21 bits per heavy atom. The van der Waals surface area contributed by atoms with E-state index in [1.54, 1.807) is 0 Å². The van der Waals surface area contributed by atoms with Gasteiger partial charge in [-0.2, -0.15) is 0 Å². The van der Waals surface area contributed by atoms with Crippen LogP contribution in [0.15, 0.2) is 23.3 Å². The van der Waals surface area contributed by atoms with Crippen LogP contribution in [0.3, 0.4) is 0 Å². The van der Waals surface area contributed by atoms with Gasteiger partial charge in [0.15, 0.2) is 5.96 Å². The Balaban J connectivity index is 2.53. The summed E-state index contributed by atoms with van der Waals surface area (Å²) in [5, 5.41) is 6.37. The Bertz CT molecular complexity index is 368. The summed E-state index contributed by atoms with van der Waals surface area (Å²) in [6, 6.07) is 3.89. The number of nitrogens with one attached hydrogen (secondary N) is 2. The highest BCUT2D eigenvalue weighted by Gasteiger charge is 1.98. The molecule has 2 N–H and O–H groups in total. The quantitative estimate of drug-likeness (QED) is 0.584. The van der Waals surface area contributed by atoms with E-state index in [1.165, 1.54) is 0 Å². The maximum Gasteiger partial charge on any atom is 0.213 e. The Hall–Kier alpha value is -1.78. The highest BCUT2D eigenvalue weighted by molar-refractivity contribution is 5.79. The van der Waals surface area contributed by atoms with Crippen molar-refractivity contribution in [1.82, 2.24) is 15.6 Å². The molecule has 0 fully saturated rings. The van der Waals surface area contributed by atoms with Gasteiger partial charge in [0.25, 0.3) is 0 Å². The Kier molecular flexibility index (Phi) is 7.39. The normalized spacial score (nSPS) is 9.84. The lowest BCUT2D eigenvalue weighted by atomic mass is 10.3. The summed E-state index contributed by atoms with van der Waals surface area (Å²) in [5.41, 5.74) is 1.07. The van der Waals surface area contributed by atoms with Crippen molar-refractivity contribution in [3.63, 3.8) is 0 Å². The van der Waals surface area contributed by atoms with E-state index in [1.807, 2.05) is 32.2 Å². The van der Waals surface area contributed by atoms with Crippen LogP contribution < -0.4 is 15.4 Å². The molecule has 5 heteroatoms. The lowest BCUT2D eigenvalue weighted by molar-refractivity contribution is 0.305. The van der Waals surface area contributed by atoms with Crippen molar-refractivity contribution in [2.75, 3.05) is 19.7 Å². The predicted octanol–water partition coefficient (Wildman–Crippen LogP) is 1.95. The molecule has 1 aromatic rings. The van der Waals surface area contributed by atoms with Crippen molar-refractivity contribution < 1.29 is 4.74 Å². The van der Waals surface area contributed by atoms with Gasteiger partial charge in [-0.1, -0.05) is 13.0 Å². The number of pyridine rings is 1. The van der Waals surface area contributed by atoms with Gasteiger partial charge in [-0.25, -0.2) is 9.98 Å². The van der Waals surface area contributed by atoms with Gasteiger partial charge in [-0.3, -0.25) is 0 Å². The molecule has 0 aromatic carbocycles. The fraction of sp³-hybridized carbons (Fsp3) is 0.571. The number of guanidine groups is 1. The number of nitrogens with zero attached hydrogens (tertiary/aromatic N) is 2. The summed E-state index contributed by atoms with van der Waals surface area (Å²) in [4.78, 5) is 8.73. The SMILES string of the molecule is CCCOc1ccc(CN=C(NCC)NCC)cn1. The molecule has 0 saturated heterocycles. The molecule has 19 heavy (non-hydrogen) atoms. The summed E-state index contributed by atoms with van der Waals surface area (Å²) in [6.45, 7) is 9.20. The van der Waals surface area contributed by atoms with Crippen molar-refractivity contribution in [3.8, 4) is 5.88 Å². The minimum Gasteiger partial charge on any atom is -0.478 e. The number of aromatic nitrogens is 1. The molecule has 0 aliphatic heterocycles. The molecular formula is C14H24N4O. The average molecular weight is 264 g/mol. The van der Waals surface area contributed by atoms with Crippen molar-refractivity contribution in [2.45, 2.75) is 33.7 Å². The zero-order chi connectivity index (χ0) is 13.9. The molecule has 1 aromatic heterocycles. The van der Waals surface area contributed by atoms with E-state index in [-0.39, 0.29) is 0 Å². The second kappa shape index (κ2) is 9.19. The molecule has 0 bridgehead atoms. The standard InChI is InChI=1S/C14H24N4O/c1-4-9-19-13-8-7-12(10-17-13)11-18-14(15-5-2)16-6-3/h7-8,10H,4-6,9,11H2,1-3H3,(H2,15,16,18). The maximum atomic E-state index is 5.44. The van der Waals surface area contributed by atoms with Crippen LogP contribution in [-0.2, 0) is 6.54 Å². The summed E-state index contributed by atoms with van der Waals surface area (Å²) < 4.78 is 5.44. The monoisotopic (exact) mass is 264 g/mol. The molecule has 0 atom stereocenters. The van der Waals surface area contributed by atoms with Crippen LogP contribution in [0.1, 0.15) is 32.8 Å². The number of ether oxygens (including phenoxy) is 1. The van der Waals surface area contributed by atoms with Gasteiger partial charge in [0, 0.05) is 25.4 Å². The Morgan fingerprint density at radius 3 is 2.47 bits per heavy atom. The number of rotatable bonds is 7. The third kappa shape index (κ3) is 6.08. The van der Waals surface area contributed by atoms with E-state index in [2.05, 4.69) is 27.5 Å². The van der Waals surface area contributed by atoms with Crippen LogP contribution in [0.2, 0.25) is 0 Å². The Labute approximate surface area is 115 Å². The van der Waals surface area contributed by atoms with Gasteiger partial charge < -0.3 is 15.4 Å². The molecule has 0 radical (unpaired) electrons. The van der Waals surface area contributed by atoms with Gasteiger partial charge in [-0.15, -0.1) is 0 Å². The van der Waals surface area contributed by atoms with Crippen molar-refractivity contribution in [1.29, 1.82) is 0 Å². The first kappa shape index (κ1) is 15.3. The van der Waals surface area contributed by atoms with E-state index in [4.69, 9.17) is 4.74 Å². The molecule has 5 nitrogen and oxygen atoms in total. The van der Waals surface area contributed by atoms with E-state index >= 15 is 0 Å². The van der Waals surface area contributed by atoms with Crippen LogP contribution >= 0.6 is 0 Å². The Morgan fingerprint density at radius 2 is 1.95 bits per heavy atom.